The van der Waals surface area contributed by atoms with Gasteiger partial charge in [0, 0.05) is 6.04 Å². The van der Waals surface area contributed by atoms with Crippen LogP contribution in [-0.4, -0.2) is 34.6 Å². The molecule has 0 aliphatic heterocycles. The molecule has 3 nitrogen and oxygen atoms in total. The second-order valence-corrected chi connectivity index (χ2v) is 4.74. The molecule has 0 spiro atoms. The van der Waals surface area contributed by atoms with Crippen LogP contribution in [0, 0.1) is 0 Å². The Bertz CT molecular complexity index is 229. The number of hydrogen-bond acceptors (Lipinski definition) is 2. The van der Waals surface area contributed by atoms with Gasteiger partial charge in [-0.2, -0.15) is 0 Å². The molecular formula is C11H19NO2. The zero-order valence-electron chi connectivity index (χ0n) is 8.83. The van der Waals surface area contributed by atoms with Gasteiger partial charge in [0.05, 0.1) is 0 Å². The SMILES string of the molecule is CN(C1CCCC1)C1(C(=O)O)CCC1. The van der Waals surface area contributed by atoms with Gasteiger partial charge >= 0.3 is 5.97 Å². The molecule has 0 heterocycles. The van der Waals surface area contributed by atoms with Gasteiger partial charge in [0.25, 0.3) is 0 Å². The first-order valence-electron chi connectivity index (χ1n) is 5.63. The zero-order valence-corrected chi connectivity index (χ0v) is 8.83. The molecule has 2 aliphatic carbocycles. The van der Waals surface area contributed by atoms with Gasteiger partial charge in [0.1, 0.15) is 5.54 Å². The first-order valence-corrected chi connectivity index (χ1v) is 5.63. The molecule has 0 aromatic carbocycles. The van der Waals surface area contributed by atoms with Crippen molar-refractivity contribution in [3.8, 4) is 0 Å². The van der Waals surface area contributed by atoms with Crippen molar-refractivity contribution in [3.63, 3.8) is 0 Å². The molecule has 0 aromatic heterocycles. The standard InChI is InChI=1S/C11H19NO2/c1-12(9-5-2-3-6-9)11(10(13)14)7-4-8-11/h9H,2-8H2,1H3,(H,13,14). The zero-order chi connectivity index (χ0) is 10.2. The molecule has 3 heteroatoms. The highest BCUT2D eigenvalue weighted by atomic mass is 16.4. The number of rotatable bonds is 3. The average molecular weight is 197 g/mol. The normalized spacial score (nSPS) is 26.4. The lowest BCUT2D eigenvalue weighted by Gasteiger charge is -2.47. The largest absolute Gasteiger partial charge is 0.480 e. The molecule has 0 bridgehead atoms. The van der Waals surface area contributed by atoms with E-state index in [0.29, 0.717) is 6.04 Å². The van der Waals surface area contributed by atoms with Crippen molar-refractivity contribution < 1.29 is 9.90 Å². The summed E-state index contributed by atoms with van der Waals surface area (Å²) in [7, 11) is 2.00. The lowest BCUT2D eigenvalue weighted by atomic mass is 9.74. The van der Waals surface area contributed by atoms with Gasteiger partial charge in [-0.15, -0.1) is 0 Å². The van der Waals surface area contributed by atoms with Crippen molar-refractivity contribution in [1.82, 2.24) is 4.90 Å². The van der Waals surface area contributed by atoms with E-state index in [1.54, 1.807) is 0 Å². The summed E-state index contributed by atoms with van der Waals surface area (Å²) in [5, 5.41) is 9.27. The summed E-state index contributed by atoms with van der Waals surface area (Å²) in [6.07, 6.45) is 7.67. The number of nitrogens with zero attached hydrogens (tertiary/aromatic N) is 1. The number of hydrogen-bond donors (Lipinski definition) is 1. The summed E-state index contributed by atoms with van der Waals surface area (Å²) < 4.78 is 0. The molecule has 0 aromatic rings. The van der Waals surface area contributed by atoms with Crippen LogP contribution in [0.4, 0.5) is 0 Å². The molecule has 14 heavy (non-hydrogen) atoms. The Balaban J connectivity index is 2.07. The smallest absolute Gasteiger partial charge is 0.324 e. The number of carboxylic acid groups (broad SMARTS) is 1. The molecule has 0 amide bonds. The monoisotopic (exact) mass is 197 g/mol. The topological polar surface area (TPSA) is 40.5 Å². The number of likely N-dealkylation sites (N-methyl/N-ethyl adjacent to an activating group) is 1. The van der Waals surface area contributed by atoms with E-state index in [-0.39, 0.29) is 0 Å². The van der Waals surface area contributed by atoms with Gasteiger partial charge < -0.3 is 5.11 Å². The van der Waals surface area contributed by atoms with Crippen LogP contribution >= 0.6 is 0 Å². The number of carbonyl (C=O) groups is 1. The van der Waals surface area contributed by atoms with E-state index >= 15 is 0 Å². The summed E-state index contributed by atoms with van der Waals surface area (Å²) in [5.74, 6) is -0.613. The Morgan fingerprint density at radius 1 is 1.29 bits per heavy atom. The Labute approximate surface area is 85.1 Å². The molecule has 2 saturated carbocycles. The van der Waals surface area contributed by atoms with Crippen molar-refractivity contribution in [3.05, 3.63) is 0 Å². The van der Waals surface area contributed by atoms with Gasteiger partial charge in [-0.1, -0.05) is 12.8 Å². The van der Waals surface area contributed by atoms with E-state index in [4.69, 9.17) is 0 Å². The maximum atomic E-state index is 11.3. The predicted molar refractivity (Wildman–Crippen MR) is 54.2 cm³/mol. The number of carboxylic acids is 1. The van der Waals surface area contributed by atoms with Crippen molar-refractivity contribution in [1.29, 1.82) is 0 Å². The van der Waals surface area contributed by atoms with Gasteiger partial charge in [-0.05, 0) is 39.2 Å². The van der Waals surface area contributed by atoms with Crippen LogP contribution in [0.2, 0.25) is 0 Å². The van der Waals surface area contributed by atoms with E-state index in [0.717, 1.165) is 19.3 Å². The molecule has 1 N–H and O–H groups in total. The van der Waals surface area contributed by atoms with Crippen molar-refractivity contribution in [2.75, 3.05) is 7.05 Å². The van der Waals surface area contributed by atoms with Crippen molar-refractivity contribution >= 4 is 5.97 Å². The highest BCUT2D eigenvalue weighted by Crippen LogP contribution is 2.40. The molecule has 0 radical (unpaired) electrons. The molecule has 0 saturated heterocycles. The van der Waals surface area contributed by atoms with Gasteiger partial charge in [-0.25, -0.2) is 0 Å². The minimum absolute atomic E-state index is 0.505. The highest BCUT2D eigenvalue weighted by Gasteiger charge is 2.49. The Hall–Kier alpha value is -0.570. The molecule has 2 fully saturated rings. The summed E-state index contributed by atoms with van der Waals surface area (Å²) in [6.45, 7) is 0. The van der Waals surface area contributed by atoms with E-state index in [2.05, 4.69) is 4.90 Å². The summed E-state index contributed by atoms with van der Waals surface area (Å²) in [5.41, 5.74) is -0.505. The quantitative estimate of drug-likeness (QED) is 0.750. The third-order valence-corrected chi connectivity index (χ3v) is 4.13. The summed E-state index contributed by atoms with van der Waals surface area (Å²) in [4.78, 5) is 13.4. The van der Waals surface area contributed by atoms with Gasteiger partial charge in [0.2, 0.25) is 0 Å². The van der Waals surface area contributed by atoms with Crippen LogP contribution in [0.15, 0.2) is 0 Å². The Kier molecular flexibility index (Phi) is 2.52. The van der Waals surface area contributed by atoms with Crippen LogP contribution in [0.1, 0.15) is 44.9 Å². The summed E-state index contributed by atoms with van der Waals surface area (Å²) in [6, 6.07) is 0.520. The predicted octanol–water partition coefficient (Wildman–Crippen LogP) is 1.87. The van der Waals surface area contributed by atoms with Crippen LogP contribution in [0.25, 0.3) is 0 Å². The summed E-state index contributed by atoms with van der Waals surface area (Å²) >= 11 is 0. The lowest BCUT2D eigenvalue weighted by Crippen LogP contribution is -2.60. The third kappa shape index (κ3) is 1.34. The highest BCUT2D eigenvalue weighted by molar-refractivity contribution is 5.80. The molecule has 0 unspecified atom stereocenters. The number of aliphatic carboxylic acids is 1. The van der Waals surface area contributed by atoms with Crippen LogP contribution < -0.4 is 0 Å². The second kappa shape index (κ2) is 3.54. The maximum Gasteiger partial charge on any atom is 0.324 e. The molecular weight excluding hydrogens is 178 g/mol. The van der Waals surface area contributed by atoms with Crippen LogP contribution in [0.5, 0.6) is 0 Å². The van der Waals surface area contributed by atoms with Crippen LogP contribution in [0.3, 0.4) is 0 Å². The Morgan fingerprint density at radius 3 is 2.21 bits per heavy atom. The first kappa shape index (κ1) is 9.97. The van der Waals surface area contributed by atoms with E-state index in [1.165, 1.54) is 25.7 Å². The fourth-order valence-electron chi connectivity index (χ4n) is 2.87. The fourth-order valence-corrected chi connectivity index (χ4v) is 2.87. The van der Waals surface area contributed by atoms with E-state index in [9.17, 15) is 9.90 Å². The molecule has 2 rings (SSSR count). The first-order chi connectivity index (χ1) is 6.67. The van der Waals surface area contributed by atoms with Crippen LogP contribution in [-0.2, 0) is 4.79 Å². The van der Waals surface area contributed by atoms with Gasteiger partial charge in [-0.3, -0.25) is 9.69 Å². The van der Waals surface area contributed by atoms with E-state index < -0.39 is 11.5 Å². The van der Waals surface area contributed by atoms with Crippen molar-refractivity contribution in [2.24, 2.45) is 0 Å². The van der Waals surface area contributed by atoms with Gasteiger partial charge in [0.15, 0.2) is 0 Å². The minimum atomic E-state index is -0.613. The molecule has 0 atom stereocenters. The minimum Gasteiger partial charge on any atom is -0.480 e. The fraction of sp³-hybridized carbons (Fsp3) is 0.909. The average Bonchev–Trinajstić information content (AvgIpc) is 2.51. The molecule has 2 aliphatic rings. The maximum absolute atomic E-state index is 11.3. The third-order valence-electron chi connectivity index (χ3n) is 4.13. The van der Waals surface area contributed by atoms with Crippen molar-refractivity contribution in [2.45, 2.75) is 56.5 Å². The van der Waals surface area contributed by atoms with E-state index in [1.807, 2.05) is 7.05 Å². The lowest BCUT2D eigenvalue weighted by molar-refractivity contribution is -0.159. The second-order valence-electron chi connectivity index (χ2n) is 4.74. The molecule has 80 valence electrons. The Morgan fingerprint density at radius 2 is 1.86 bits per heavy atom.